The fourth-order valence-corrected chi connectivity index (χ4v) is 2.07. The molecule has 68 valence electrons. The van der Waals surface area contributed by atoms with Crippen molar-refractivity contribution >= 4 is 5.91 Å². The van der Waals surface area contributed by atoms with Crippen molar-refractivity contribution in [3.05, 3.63) is 0 Å². The third-order valence-electron chi connectivity index (χ3n) is 2.74. The molecule has 3 unspecified atom stereocenters. The van der Waals surface area contributed by atoms with Crippen LogP contribution >= 0.6 is 0 Å². The highest BCUT2D eigenvalue weighted by molar-refractivity contribution is 5.83. The van der Waals surface area contributed by atoms with Crippen LogP contribution < -0.4 is 0 Å². The minimum absolute atomic E-state index is 0.177. The van der Waals surface area contributed by atoms with E-state index in [1.54, 1.807) is 4.90 Å². The predicted molar refractivity (Wildman–Crippen MR) is 41.4 cm³/mol. The number of amides is 1. The second kappa shape index (κ2) is 2.71. The Morgan fingerprint density at radius 3 is 2.83 bits per heavy atom. The lowest BCUT2D eigenvalue weighted by atomic mass is 10.0. The smallest absolute Gasteiger partial charge is 0.251 e. The maximum Gasteiger partial charge on any atom is 0.251 e. The van der Waals surface area contributed by atoms with Crippen molar-refractivity contribution in [2.45, 2.75) is 37.5 Å². The van der Waals surface area contributed by atoms with E-state index in [0.29, 0.717) is 13.0 Å². The van der Waals surface area contributed by atoms with E-state index < -0.39 is 12.2 Å². The molecule has 4 nitrogen and oxygen atoms in total. The molecule has 0 aliphatic carbocycles. The third-order valence-corrected chi connectivity index (χ3v) is 2.74. The Kier molecular flexibility index (Phi) is 1.81. The van der Waals surface area contributed by atoms with Gasteiger partial charge in [-0.25, -0.2) is 0 Å². The molecule has 0 saturated carbocycles. The number of aliphatic hydroxyl groups is 2. The molecule has 0 spiro atoms. The SMILES string of the molecule is O=C1C(O)CC2CCC(O)CN12. The fourth-order valence-electron chi connectivity index (χ4n) is 2.07. The Morgan fingerprint density at radius 2 is 2.08 bits per heavy atom. The van der Waals surface area contributed by atoms with Crippen LogP contribution in [0.4, 0.5) is 0 Å². The van der Waals surface area contributed by atoms with E-state index in [1.165, 1.54) is 0 Å². The van der Waals surface area contributed by atoms with Gasteiger partial charge in [0, 0.05) is 19.0 Å². The maximum atomic E-state index is 11.2. The lowest BCUT2D eigenvalue weighted by molar-refractivity contribution is -0.137. The number of nitrogens with zero attached hydrogens (tertiary/aromatic N) is 1. The second-order valence-corrected chi connectivity index (χ2v) is 3.63. The Labute approximate surface area is 70.8 Å². The predicted octanol–water partition coefficient (Wildman–Crippen LogP) is -0.897. The zero-order valence-electron chi connectivity index (χ0n) is 6.81. The summed E-state index contributed by atoms with van der Waals surface area (Å²) in [6.45, 7) is 0.403. The number of piperidine rings is 1. The largest absolute Gasteiger partial charge is 0.391 e. The van der Waals surface area contributed by atoms with Crippen LogP contribution in [0.25, 0.3) is 0 Å². The molecule has 0 radical (unpaired) electrons. The van der Waals surface area contributed by atoms with Crippen LogP contribution in [0.5, 0.6) is 0 Å². The number of aliphatic hydroxyl groups excluding tert-OH is 2. The molecule has 2 N–H and O–H groups in total. The molecular formula is C8H13NO3. The molecular weight excluding hydrogens is 158 g/mol. The van der Waals surface area contributed by atoms with E-state index in [0.717, 1.165) is 12.8 Å². The molecule has 4 heteroatoms. The summed E-state index contributed by atoms with van der Waals surface area (Å²) in [7, 11) is 0. The quantitative estimate of drug-likeness (QED) is 0.496. The van der Waals surface area contributed by atoms with Gasteiger partial charge >= 0.3 is 0 Å². The van der Waals surface area contributed by atoms with E-state index in [9.17, 15) is 15.0 Å². The van der Waals surface area contributed by atoms with Crippen molar-refractivity contribution in [2.75, 3.05) is 6.54 Å². The topological polar surface area (TPSA) is 60.8 Å². The first kappa shape index (κ1) is 8.01. The lowest BCUT2D eigenvalue weighted by Crippen LogP contribution is -2.44. The molecule has 12 heavy (non-hydrogen) atoms. The first-order valence-corrected chi connectivity index (χ1v) is 4.35. The first-order valence-electron chi connectivity index (χ1n) is 4.35. The Hall–Kier alpha value is -0.610. The number of hydrogen-bond donors (Lipinski definition) is 2. The molecule has 0 aromatic rings. The molecule has 0 bridgehead atoms. The summed E-state index contributed by atoms with van der Waals surface area (Å²) in [5.41, 5.74) is 0. The molecule has 2 aliphatic heterocycles. The number of hydrogen-bond acceptors (Lipinski definition) is 3. The zero-order valence-corrected chi connectivity index (χ0v) is 6.81. The minimum Gasteiger partial charge on any atom is -0.391 e. The highest BCUT2D eigenvalue weighted by Crippen LogP contribution is 2.27. The number of carbonyl (C=O) groups is 1. The molecule has 2 aliphatic rings. The maximum absolute atomic E-state index is 11.2. The summed E-state index contributed by atoms with van der Waals surface area (Å²) < 4.78 is 0. The van der Waals surface area contributed by atoms with Crippen LogP contribution in [0.3, 0.4) is 0 Å². The van der Waals surface area contributed by atoms with Crippen LogP contribution in [0, 0.1) is 0 Å². The summed E-state index contributed by atoms with van der Waals surface area (Å²) in [6, 6.07) is 0.177. The van der Waals surface area contributed by atoms with Gasteiger partial charge < -0.3 is 15.1 Å². The average Bonchev–Trinajstić information content (AvgIpc) is 2.31. The summed E-state index contributed by atoms with van der Waals surface area (Å²) in [6.07, 6.45) is 0.909. The molecule has 0 aromatic heterocycles. The van der Waals surface area contributed by atoms with E-state index in [2.05, 4.69) is 0 Å². The van der Waals surface area contributed by atoms with Crippen LogP contribution in [0.15, 0.2) is 0 Å². The normalized spacial score (nSPS) is 41.7. The van der Waals surface area contributed by atoms with Crippen molar-refractivity contribution in [1.29, 1.82) is 0 Å². The Bertz CT molecular complexity index is 206. The van der Waals surface area contributed by atoms with Gasteiger partial charge in [-0.2, -0.15) is 0 Å². The number of carbonyl (C=O) groups excluding carboxylic acids is 1. The van der Waals surface area contributed by atoms with E-state index in [-0.39, 0.29) is 11.9 Å². The van der Waals surface area contributed by atoms with Crippen molar-refractivity contribution < 1.29 is 15.0 Å². The third kappa shape index (κ3) is 1.11. The lowest BCUT2D eigenvalue weighted by Gasteiger charge is -2.32. The molecule has 0 aromatic carbocycles. The molecule has 1 amide bonds. The molecule has 3 atom stereocenters. The van der Waals surface area contributed by atoms with Crippen LogP contribution in [0.2, 0.25) is 0 Å². The molecule has 2 saturated heterocycles. The van der Waals surface area contributed by atoms with Gasteiger partial charge in [-0.1, -0.05) is 0 Å². The van der Waals surface area contributed by atoms with E-state index in [4.69, 9.17) is 0 Å². The molecule has 2 heterocycles. The average molecular weight is 171 g/mol. The summed E-state index contributed by atoms with van der Waals surface area (Å²) in [5.74, 6) is -0.209. The van der Waals surface area contributed by atoms with Gasteiger partial charge in [0.2, 0.25) is 0 Å². The van der Waals surface area contributed by atoms with Crippen molar-refractivity contribution in [3.63, 3.8) is 0 Å². The van der Waals surface area contributed by atoms with Gasteiger partial charge in [0.05, 0.1) is 6.10 Å². The minimum atomic E-state index is -0.819. The first-order chi connectivity index (χ1) is 5.68. The Morgan fingerprint density at radius 1 is 1.33 bits per heavy atom. The highest BCUT2D eigenvalue weighted by atomic mass is 16.3. The standard InChI is InChI=1S/C8H13NO3/c10-6-2-1-5-3-7(11)8(12)9(5)4-6/h5-7,10-11H,1-4H2. The summed E-state index contributed by atoms with van der Waals surface area (Å²) >= 11 is 0. The van der Waals surface area contributed by atoms with Gasteiger partial charge in [0.25, 0.3) is 5.91 Å². The van der Waals surface area contributed by atoms with Crippen molar-refractivity contribution in [3.8, 4) is 0 Å². The van der Waals surface area contributed by atoms with Gasteiger partial charge in [-0.15, -0.1) is 0 Å². The van der Waals surface area contributed by atoms with Crippen LogP contribution in [-0.4, -0.2) is 45.8 Å². The van der Waals surface area contributed by atoms with Crippen molar-refractivity contribution in [2.24, 2.45) is 0 Å². The van der Waals surface area contributed by atoms with Gasteiger partial charge in [-0.3, -0.25) is 4.79 Å². The highest BCUT2D eigenvalue weighted by Gasteiger charge is 2.41. The molecule has 2 rings (SSSR count). The second-order valence-electron chi connectivity index (χ2n) is 3.63. The van der Waals surface area contributed by atoms with Gasteiger partial charge in [0.15, 0.2) is 0 Å². The number of fused-ring (bicyclic) bond motifs is 1. The summed E-state index contributed by atoms with van der Waals surface area (Å²) in [4.78, 5) is 12.9. The van der Waals surface area contributed by atoms with E-state index >= 15 is 0 Å². The zero-order chi connectivity index (χ0) is 8.72. The molecule has 2 fully saturated rings. The van der Waals surface area contributed by atoms with E-state index in [1.807, 2.05) is 0 Å². The Balaban J connectivity index is 2.10. The van der Waals surface area contributed by atoms with Crippen LogP contribution in [-0.2, 0) is 4.79 Å². The monoisotopic (exact) mass is 171 g/mol. The van der Waals surface area contributed by atoms with Crippen molar-refractivity contribution in [1.82, 2.24) is 4.90 Å². The van der Waals surface area contributed by atoms with Gasteiger partial charge in [-0.05, 0) is 12.8 Å². The number of rotatable bonds is 0. The van der Waals surface area contributed by atoms with Crippen LogP contribution in [0.1, 0.15) is 19.3 Å². The summed E-state index contributed by atoms with van der Waals surface area (Å²) in [5, 5.41) is 18.5. The van der Waals surface area contributed by atoms with Gasteiger partial charge in [0.1, 0.15) is 6.10 Å². The fraction of sp³-hybridized carbons (Fsp3) is 0.875.